The average Bonchev–Trinajstić information content (AvgIpc) is 3.15. The number of anilines is 1. The van der Waals surface area contributed by atoms with E-state index in [0.29, 0.717) is 18.8 Å². The van der Waals surface area contributed by atoms with Crippen LogP contribution in [-0.4, -0.2) is 77.2 Å². The van der Waals surface area contributed by atoms with E-state index in [9.17, 15) is 23.3 Å². The Hall–Kier alpha value is -4.04. The fourth-order valence-electron chi connectivity index (χ4n) is 7.68. The molecule has 2 bridgehead atoms. The molecule has 3 aromatic rings. The van der Waals surface area contributed by atoms with Crippen LogP contribution in [0, 0.1) is 20.9 Å². The lowest BCUT2D eigenvalue weighted by atomic mass is 9.54. The Morgan fingerprint density at radius 2 is 1.66 bits per heavy atom. The van der Waals surface area contributed by atoms with Crippen molar-refractivity contribution in [2.45, 2.75) is 56.3 Å². The van der Waals surface area contributed by atoms with Crippen molar-refractivity contribution in [3.63, 3.8) is 0 Å². The van der Waals surface area contributed by atoms with Gasteiger partial charge in [-0.25, -0.2) is 13.1 Å². The number of hydrogen-bond acceptors (Lipinski definition) is 10. The van der Waals surface area contributed by atoms with Gasteiger partial charge < -0.3 is 20.5 Å². The number of nitro groups is 1. The number of aryl methyl sites for hydroxylation is 1. The van der Waals surface area contributed by atoms with Crippen LogP contribution in [0.4, 0.5) is 11.4 Å². The van der Waals surface area contributed by atoms with Crippen LogP contribution in [0.15, 0.2) is 65.6 Å². The minimum atomic E-state index is -4.40. The number of carbonyl (C=O) groups is 1. The molecule has 268 valence electrons. The van der Waals surface area contributed by atoms with Crippen LogP contribution < -0.4 is 20.5 Å². The monoisotopic (exact) mass is 705 g/mol. The van der Waals surface area contributed by atoms with E-state index in [1.807, 2.05) is 12.1 Å². The number of nitrogens with zero attached hydrogens (tertiary/aromatic N) is 2. The second kappa shape index (κ2) is 15.1. The predicted octanol–water partition coefficient (Wildman–Crippen LogP) is 5.37. The molecule has 0 unspecified atom stereocenters. The Morgan fingerprint density at radius 1 is 0.980 bits per heavy atom. The molecular formula is C37H47N5O7S. The number of sulfonamides is 1. The van der Waals surface area contributed by atoms with E-state index in [-0.39, 0.29) is 32.7 Å². The molecule has 7 rings (SSSR count). The Balaban J connectivity index is 1.08. The van der Waals surface area contributed by atoms with E-state index in [4.69, 9.17) is 15.2 Å². The molecule has 0 radical (unpaired) electrons. The quantitative estimate of drug-likeness (QED) is 0.147. The smallest absolute Gasteiger partial charge is 0.293 e. The summed E-state index contributed by atoms with van der Waals surface area (Å²) in [5.41, 5.74) is 9.17. The van der Waals surface area contributed by atoms with Crippen LogP contribution in [0.3, 0.4) is 0 Å². The number of methoxy groups -OCH3 is 1. The zero-order valence-electron chi connectivity index (χ0n) is 28.6. The number of morpholine rings is 1. The van der Waals surface area contributed by atoms with Gasteiger partial charge in [0.2, 0.25) is 0 Å². The molecule has 1 aliphatic heterocycles. The van der Waals surface area contributed by atoms with E-state index < -0.39 is 20.9 Å². The molecule has 50 heavy (non-hydrogen) atoms. The van der Waals surface area contributed by atoms with E-state index >= 15 is 0 Å². The van der Waals surface area contributed by atoms with Gasteiger partial charge in [0.25, 0.3) is 21.6 Å². The van der Waals surface area contributed by atoms with E-state index in [0.717, 1.165) is 101 Å². The van der Waals surface area contributed by atoms with Crippen molar-refractivity contribution < 1.29 is 27.6 Å². The number of benzene rings is 3. The summed E-state index contributed by atoms with van der Waals surface area (Å²) in [4.78, 5) is 26.5. The van der Waals surface area contributed by atoms with Gasteiger partial charge in [-0.1, -0.05) is 24.3 Å². The number of nitrogens with two attached hydrogens (primary N) is 1. The van der Waals surface area contributed by atoms with Gasteiger partial charge in [0.15, 0.2) is 0 Å². The van der Waals surface area contributed by atoms with Crippen molar-refractivity contribution >= 4 is 27.3 Å². The zero-order chi connectivity index (χ0) is 35.4. The minimum Gasteiger partial charge on any atom is -0.496 e. The Bertz CT molecular complexity index is 1780. The standard InChI is InChI=1S/C37H47N5O7S/c1-48-34-23-27(3-2-18-41-19-21-49-22-20-41)4-10-31(34)28-5-7-29(8-6-28)35(43)40-50(46,47)30-9-11-32(33(24-30)42(44)45)39-26-37-15-12-36(25-38,13-16-37)14-17-37/h4-11,23-24,39H,2-3,12-22,25-26,38H2,1H3,(H,40,43). The van der Waals surface area contributed by atoms with Crippen molar-refractivity contribution in [1.82, 2.24) is 9.62 Å². The van der Waals surface area contributed by atoms with Crippen LogP contribution in [0.25, 0.3) is 11.1 Å². The Labute approximate surface area is 293 Å². The third-order valence-electron chi connectivity index (χ3n) is 11.1. The van der Waals surface area contributed by atoms with Crippen molar-refractivity contribution in [3.8, 4) is 16.9 Å². The molecule has 3 aromatic carbocycles. The van der Waals surface area contributed by atoms with Crippen LogP contribution in [-0.2, 0) is 21.2 Å². The number of hydrogen-bond donors (Lipinski definition) is 3. The largest absolute Gasteiger partial charge is 0.496 e. The first kappa shape index (κ1) is 35.8. The van der Waals surface area contributed by atoms with Crippen LogP contribution in [0.1, 0.15) is 60.9 Å². The molecule has 3 saturated carbocycles. The first-order valence-corrected chi connectivity index (χ1v) is 18.9. The number of carbonyl (C=O) groups excluding carboxylic acids is 1. The summed E-state index contributed by atoms with van der Waals surface area (Å²) in [5, 5.41) is 15.2. The average molecular weight is 706 g/mol. The molecule has 4 fully saturated rings. The number of nitrogens with one attached hydrogen (secondary N) is 2. The first-order valence-electron chi connectivity index (χ1n) is 17.4. The van der Waals surface area contributed by atoms with Gasteiger partial charge in [-0.15, -0.1) is 0 Å². The van der Waals surface area contributed by atoms with Crippen LogP contribution >= 0.6 is 0 Å². The maximum atomic E-state index is 13.2. The molecule has 1 heterocycles. The summed E-state index contributed by atoms with van der Waals surface area (Å²) < 4.78 is 39.6. The van der Waals surface area contributed by atoms with Gasteiger partial charge in [-0.05, 0) is 117 Å². The lowest BCUT2D eigenvalue weighted by molar-refractivity contribution is -0.384. The zero-order valence-corrected chi connectivity index (χ0v) is 29.4. The highest BCUT2D eigenvalue weighted by molar-refractivity contribution is 7.90. The normalized spacial score (nSPS) is 22.2. The summed E-state index contributed by atoms with van der Waals surface area (Å²) in [6.07, 6.45) is 8.17. The molecule has 1 saturated heterocycles. The summed E-state index contributed by atoms with van der Waals surface area (Å²) in [5.74, 6) is -0.134. The van der Waals surface area contributed by atoms with Gasteiger partial charge >= 0.3 is 0 Å². The number of fused-ring (bicyclic) bond motifs is 3. The second-order valence-electron chi connectivity index (χ2n) is 14.1. The second-order valence-corrected chi connectivity index (χ2v) is 15.8. The molecule has 0 aromatic heterocycles. The first-order chi connectivity index (χ1) is 24.0. The summed E-state index contributed by atoms with van der Waals surface area (Å²) in [6, 6.07) is 16.3. The van der Waals surface area contributed by atoms with Gasteiger partial charge in [0.1, 0.15) is 11.4 Å². The molecule has 1 amide bonds. The fourth-order valence-corrected chi connectivity index (χ4v) is 8.67. The van der Waals surface area contributed by atoms with Crippen molar-refractivity contribution in [2.24, 2.45) is 16.6 Å². The Kier molecular flexibility index (Phi) is 10.8. The van der Waals surface area contributed by atoms with Gasteiger partial charge in [0, 0.05) is 36.8 Å². The highest BCUT2D eigenvalue weighted by atomic mass is 32.2. The van der Waals surface area contributed by atoms with Gasteiger partial charge in [-0.2, -0.15) is 0 Å². The maximum Gasteiger partial charge on any atom is 0.293 e. The fraction of sp³-hybridized carbons (Fsp3) is 0.486. The summed E-state index contributed by atoms with van der Waals surface area (Å²) >= 11 is 0. The number of ether oxygens (including phenoxy) is 2. The highest BCUT2D eigenvalue weighted by Gasteiger charge is 2.47. The number of amides is 1. The SMILES string of the molecule is COc1cc(CCCN2CCOCC2)ccc1-c1ccc(C(=O)NS(=O)(=O)c2ccc(NCC34CCC(CN)(CC3)CC4)c([N+](=O)[O-])c2)cc1. The third kappa shape index (κ3) is 7.96. The van der Waals surface area contributed by atoms with Crippen LogP contribution in [0.2, 0.25) is 0 Å². The maximum absolute atomic E-state index is 13.2. The molecule has 12 nitrogen and oxygen atoms in total. The molecule has 13 heteroatoms. The number of nitro benzene ring substituents is 1. The summed E-state index contributed by atoms with van der Waals surface area (Å²) in [6.45, 7) is 5.78. The van der Waals surface area contributed by atoms with E-state index in [2.05, 4.69) is 21.0 Å². The Morgan fingerprint density at radius 3 is 2.30 bits per heavy atom. The molecule has 0 spiro atoms. The molecule has 4 aliphatic rings. The lowest BCUT2D eigenvalue weighted by Gasteiger charge is -2.53. The number of rotatable bonds is 14. The molecule has 0 atom stereocenters. The van der Waals surface area contributed by atoms with E-state index in [1.54, 1.807) is 31.4 Å². The minimum absolute atomic E-state index is 0.0524. The molecular weight excluding hydrogens is 659 g/mol. The van der Waals surface area contributed by atoms with Crippen molar-refractivity contribution in [3.05, 3.63) is 81.9 Å². The highest BCUT2D eigenvalue weighted by Crippen LogP contribution is 2.56. The van der Waals surface area contributed by atoms with Crippen molar-refractivity contribution in [1.29, 1.82) is 0 Å². The predicted molar refractivity (Wildman–Crippen MR) is 192 cm³/mol. The van der Waals surface area contributed by atoms with Gasteiger partial charge in [0.05, 0.1) is 30.1 Å². The molecule has 3 aliphatic carbocycles. The lowest BCUT2D eigenvalue weighted by Crippen LogP contribution is -2.47. The van der Waals surface area contributed by atoms with Gasteiger partial charge in [-0.3, -0.25) is 19.8 Å². The third-order valence-corrected chi connectivity index (χ3v) is 12.4. The topological polar surface area (TPSA) is 166 Å². The van der Waals surface area contributed by atoms with Crippen molar-refractivity contribution in [2.75, 3.05) is 58.4 Å². The van der Waals surface area contributed by atoms with Crippen LogP contribution in [0.5, 0.6) is 5.75 Å². The summed E-state index contributed by atoms with van der Waals surface area (Å²) in [7, 11) is -2.78. The molecule has 4 N–H and O–H groups in total. The van der Waals surface area contributed by atoms with E-state index in [1.165, 1.54) is 17.7 Å².